The molecule has 0 amide bonds. The minimum Gasteiger partial charge on any atom is -0.476 e. The van der Waals surface area contributed by atoms with Crippen molar-refractivity contribution in [1.29, 1.82) is 0 Å². The Bertz CT molecular complexity index is 423. The van der Waals surface area contributed by atoms with E-state index in [9.17, 15) is 4.79 Å². The largest absolute Gasteiger partial charge is 0.476 e. The van der Waals surface area contributed by atoms with E-state index in [4.69, 9.17) is 5.11 Å². The number of carboxylic acids is 1. The number of carbonyl (C=O) groups is 1. The SMILES string of the molecule is Cc1c(C(=O)O)nnn1CCN1CCN(C)CC1. The molecule has 0 radical (unpaired) electrons. The van der Waals surface area contributed by atoms with Crippen LogP contribution in [-0.4, -0.2) is 75.6 Å². The summed E-state index contributed by atoms with van der Waals surface area (Å²) in [7, 11) is 2.12. The fourth-order valence-electron chi connectivity index (χ4n) is 2.08. The van der Waals surface area contributed by atoms with Gasteiger partial charge in [0, 0.05) is 32.7 Å². The quantitative estimate of drug-likeness (QED) is 0.782. The zero-order valence-corrected chi connectivity index (χ0v) is 10.8. The third-order valence-corrected chi connectivity index (χ3v) is 3.41. The molecular formula is C11H19N5O2. The van der Waals surface area contributed by atoms with Crippen molar-refractivity contribution in [2.24, 2.45) is 0 Å². The minimum absolute atomic E-state index is 0.0494. The molecule has 7 heteroatoms. The normalized spacial score (nSPS) is 18.1. The number of nitrogens with zero attached hydrogens (tertiary/aromatic N) is 5. The highest BCUT2D eigenvalue weighted by molar-refractivity contribution is 5.86. The van der Waals surface area contributed by atoms with Crippen LogP contribution in [-0.2, 0) is 6.54 Å². The molecule has 1 aliphatic heterocycles. The third-order valence-electron chi connectivity index (χ3n) is 3.41. The molecule has 1 aromatic rings. The van der Waals surface area contributed by atoms with Crippen LogP contribution in [0.2, 0.25) is 0 Å². The molecule has 18 heavy (non-hydrogen) atoms. The maximum atomic E-state index is 10.8. The van der Waals surface area contributed by atoms with Gasteiger partial charge in [-0.05, 0) is 14.0 Å². The Morgan fingerprint density at radius 1 is 1.28 bits per heavy atom. The first-order chi connectivity index (χ1) is 8.58. The van der Waals surface area contributed by atoms with Gasteiger partial charge in [-0.25, -0.2) is 9.48 Å². The summed E-state index contributed by atoms with van der Waals surface area (Å²) in [5.74, 6) is -1.02. The van der Waals surface area contributed by atoms with Gasteiger partial charge in [0.15, 0.2) is 5.69 Å². The first kappa shape index (κ1) is 13.0. The van der Waals surface area contributed by atoms with Gasteiger partial charge in [0.05, 0.1) is 12.2 Å². The van der Waals surface area contributed by atoms with Gasteiger partial charge in [0.1, 0.15) is 0 Å². The Morgan fingerprint density at radius 2 is 1.94 bits per heavy atom. The fraction of sp³-hybridized carbons (Fsp3) is 0.727. The highest BCUT2D eigenvalue weighted by Gasteiger charge is 2.17. The standard InChI is InChI=1S/C11H19N5O2/c1-9-10(11(17)18)12-13-16(9)8-7-15-5-3-14(2)4-6-15/h3-8H2,1-2H3,(H,17,18). The lowest BCUT2D eigenvalue weighted by Gasteiger charge is -2.32. The van der Waals surface area contributed by atoms with Crippen LogP contribution in [0.3, 0.4) is 0 Å². The van der Waals surface area contributed by atoms with Crippen LogP contribution in [0, 0.1) is 6.92 Å². The van der Waals surface area contributed by atoms with Crippen LogP contribution in [0.1, 0.15) is 16.2 Å². The number of aromatic carboxylic acids is 1. The van der Waals surface area contributed by atoms with Gasteiger partial charge in [-0.2, -0.15) is 0 Å². The summed E-state index contributed by atoms with van der Waals surface area (Å²) in [6, 6.07) is 0. The van der Waals surface area contributed by atoms with Gasteiger partial charge in [-0.1, -0.05) is 5.21 Å². The van der Waals surface area contributed by atoms with Gasteiger partial charge in [0.2, 0.25) is 0 Å². The lowest BCUT2D eigenvalue weighted by Crippen LogP contribution is -2.45. The molecule has 0 spiro atoms. The molecule has 1 N–H and O–H groups in total. The highest BCUT2D eigenvalue weighted by Crippen LogP contribution is 2.05. The zero-order valence-electron chi connectivity index (χ0n) is 10.8. The molecule has 0 aliphatic carbocycles. The Morgan fingerprint density at radius 3 is 2.50 bits per heavy atom. The Kier molecular flexibility index (Phi) is 3.93. The summed E-state index contributed by atoms with van der Waals surface area (Å²) in [4.78, 5) is 15.5. The number of carboxylic acid groups (broad SMARTS) is 1. The monoisotopic (exact) mass is 253 g/mol. The van der Waals surface area contributed by atoms with Crippen LogP contribution < -0.4 is 0 Å². The summed E-state index contributed by atoms with van der Waals surface area (Å²) in [5.41, 5.74) is 0.671. The molecule has 0 atom stereocenters. The first-order valence-electron chi connectivity index (χ1n) is 6.12. The van der Waals surface area contributed by atoms with Crippen LogP contribution in [0.4, 0.5) is 0 Å². The van der Waals surface area contributed by atoms with Crippen LogP contribution in [0.15, 0.2) is 0 Å². The second kappa shape index (κ2) is 5.45. The maximum Gasteiger partial charge on any atom is 0.358 e. The van der Waals surface area contributed by atoms with Crippen molar-refractivity contribution < 1.29 is 9.90 Å². The van der Waals surface area contributed by atoms with E-state index in [0.29, 0.717) is 12.2 Å². The predicted molar refractivity (Wildman–Crippen MR) is 65.7 cm³/mol. The summed E-state index contributed by atoms with van der Waals surface area (Å²) < 4.78 is 1.67. The molecule has 0 bridgehead atoms. The van der Waals surface area contributed by atoms with Crippen molar-refractivity contribution in [3.05, 3.63) is 11.4 Å². The Hall–Kier alpha value is -1.47. The fourth-order valence-corrected chi connectivity index (χ4v) is 2.08. The lowest BCUT2D eigenvalue weighted by atomic mass is 10.3. The zero-order chi connectivity index (χ0) is 13.1. The number of likely N-dealkylation sites (N-methyl/N-ethyl adjacent to an activating group) is 1. The maximum absolute atomic E-state index is 10.8. The van der Waals surface area contributed by atoms with Gasteiger partial charge in [-0.15, -0.1) is 5.10 Å². The Balaban J connectivity index is 1.88. The number of aromatic nitrogens is 3. The third kappa shape index (κ3) is 2.85. The number of hydrogen-bond donors (Lipinski definition) is 1. The van der Waals surface area contributed by atoms with E-state index in [1.165, 1.54) is 0 Å². The van der Waals surface area contributed by atoms with Crippen LogP contribution in [0.25, 0.3) is 0 Å². The second-order valence-corrected chi connectivity index (χ2v) is 4.70. The van der Waals surface area contributed by atoms with Crippen molar-refractivity contribution >= 4 is 5.97 Å². The van der Waals surface area contributed by atoms with E-state index >= 15 is 0 Å². The number of rotatable bonds is 4. The van der Waals surface area contributed by atoms with Crippen molar-refractivity contribution in [2.45, 2.75) is 13.5 Å². The smallest absolute Gasteiger partial charge is 0.358 e. The molecule has 1 aliphatic rings. The van der Waals surface area contributed by atoms with E-state index in [0.717, 1.165) is 32.7 Å². The molecule has 1 aromatic heterocycles. The molecule has 0 aromatic carbocycles. The topological polar surface area (TPSA) is 74.5 Å². The lowest BCUT2D eigenvalue weighted by molar-refractivity contribution is 0.0689. The number of hydrogen-bond acceptors (Lipinski definition) is 5. The van der Waals surface area contributed by atoms with Gasteiger partial charge in [-0.3, -0.25) is 4.90 Å². The summed E-state index contributed by atoms with van der Waals surface area (Å²) in [6.07, 6.45) is 0. The molecule has 1 saturated heterocycles. The second-order valence-electron chi connectivity index (χ2n) is 4.70. The number of piperazine rings is 1. The van der Waals surface area contributed by atoms with Gasteiger partial charge >= 0.3 is 5.97 Å². The molecule has 100 valence electrons. The molecule has 1 fully saturated rings. The molecule has 7 nitrogen and oxygen atoms in total. The molecule has 2 rings (SSSR count). The van der Waals surface area contributed by atoms with Crippen molar-refractivity contribution in [3.8, 4) is 0 Å². The van der Waals surface area contributed by atoms with E-state index < -0.39 is 5.97 Å². The van der Waals surface area contributed by atoms with E-state index in [-0.39, 0.29) is 5.69 Å². The first-order valence-corrected chi connectivity index (χ1v) is 6.12. The average Bonchev–Trinajstić information content (AvgIpc) is 2.70. The van der Waals surface area contributed by atoms with E-state index in [2.05, 4.69) is 27.2 Å². The highest BCUT2D eigenvalue weighted by atomic mass is 16.4. The molecular weight excluding hydrogens is 234 g/mol. The van der Waals surface area contributed by atoms with Crippen molar-refractivity contribution in [3.63, 3.8) is 0 Å². The van der Waals surface area contributed by atoms with E-state index in [1.807, 2.05) is 0 Å². The minimum atomic E-state index is -1.02. The molecule has 0 saturated carbocycles. The summed E-state index contributed by atoms with van der Waals surface area (Å²) in [5, 5.41) is 16.5. The van der Waals surface area contributed by atoms with E-state index in [1.54, 1.807) is 11.6 Å². The van der Waals surface area contributed by atoms with Crippen molar-refractivity contribution in [1.82, 2.24) is 24.8 Å². The van der Waals surface area contributed by atoms with Gasteiger partial charge in [0.25, 0.3) is 0 Å². The average molecular weight is 253 g/mol. The predicted octanol–water partition coefficient (Wildman–Crippen LogP) is -0.468. The van der Waals surface area contributed by atoms with Gasteiger partial charge < -0.3 is 10.0 Å². The Labute approximate surface area is 106 Å². The van der Waals surface area contributed by atoms with Crippen molar-refractivity contribution in [2.75, 3.05) is 39.8 Å². The van der Waals surface area contributed by atoms with Crippen LogP contribution >= 0.6 is 0 Å². The summed E-state index contributed by atoms with van der Waals surface area (Å²) in [6.45, 7) is 7.58. The molecule has 0 unspecified atom stereocenters. The summed E-state index contributed by atoms with van der Waals surface area (Å²) >= 11 is 0. The van der Waals surface area contributed by atoms with Crippen LogP contribution in [0.5, 0.6) is 0 Å². The molecule has 2 heterocycles.